The third kappa shape index (κ3) is 2.59. The Morgan fingerprint density at radius 2 is 2.50 bits per heavy atom. The Morgan fingerprint density at radius 1 is 1.75 bits per heavy atom. The van der Waals surface area contributed by atoms with Crippen LogP contribution in [-0.2, 0) is 9.47 Å². The van der Waals surface area contributed by atoms with Gasteiger partial charge >= 0.3 is 0 Å². The summed E-state index contributed by atoms with van der Waals surface area (Å²) in [6.45, 7) is 4.29. The minimum Gasteiger partial charge on any atom is -0.390 e. The van der Waals surface area contributed by atoms with Crippen LogP contribution in [0.3, 0.4) is 0 Å². The van der Waals surface area contributed by atoms with Gasteiger partial charge in [-0.2, -0.15) is 0 Å². The summed E-state index contributed by atoms with van der Waals surface area (Å²) in [5.74, 6) is 0. The van der Waals surface area contributed by atoms with Crippen LogP contribution in [0.4, 0.5) is 0 Å². The molecule has 0 aromatic rings. The van der Waals surface area contributed by atoms with E-state index in [1.54, 1.807) is 6.92 Å². The molecule has 3 atom stereocenters. The number of aliphatic hydroxyl groups excluding tert-OH is 1. The first-order valence-corrected chi connectivity index (χ1v) is 4.35. The van der Waals surface area contributed by atoms with Crippen molar-refractivity contribution < 1.29 is 14.6 Å². The third-order valence-electron chi connectivity index (χ3n) is 1.79. The monoisotopic (exact) mass is 172 g/mol. The van der Waals surface area contributed by atoms with Crippen LogP contribution in [0.5, 0.6) is 0 Å². The van der Waals surface area contributed by atoms with E-state index in [0.29, 0.717) is 6.61 Å². The lowest BCUT2D eigenvalue weighted by Crippen LogP contribution is -2.33. The molecule has 1 aliphatic heterocycles. The first kappa shape index (κ1) is 9.71. The van der Waals surface area contributed by atoms with Crippen molar-refractivity contribution in [3.63, 3.8) is 0 Å². The molecule has 0 aromatic carbocycles. The minimum atomic E-state index is -0.468. The summed E-state index contributed by atoms with van der Waals surface area (Å²) in [5.41, 5.74) is 0. The molecule has 1 aliphatic rings. The zero-order valence-corrected chi connectivity index (χ0v) is 7.56. The molecular weight excluding hydrogens is 156 g/mol. The first-order valence-electron chi connectivity index (χ1n) is 4.35. The maximum atomic E-state index is 9.23. The van der Waals surface area contributed by atoms with E-state index in [9.17, 15) is 5.11 Å². The Kier molecular flexibility index (Phi) is 3.72. The highest BCUT2D eigenvalue weighted by Gasteiger charge is 2.21. The number of aliphatic hydroxyl groups is 1. The zero-order chi connectivity index (χ0) is 8.97. The first-order chi connectivity index (χ1) is 5.74. The largest absolute Gasteiger partial charge is 0.390 e. The summed E-state index contributed by atoms with van der Waals surface area (Å²) in [6, 6.07) is 0. The van der Waals surface area contributed by atoms with Crippen molar-refractivity contribution in [3.8, 4) is 0 Å². The zero-order valence-electron chi connectivity index (χ0n) is 7.56. The van der Waals surface area contributed by atoms with Crippen LogP contribution in [0.1, 0.15) is 20.3 Å². The van der Waals surface area contributed by atoms with Crippen LogP contribution in [0.25, 0.3) is 0 Å². The smallest absolute Gasteiger partial charge is 0.161 e. The third-order valence-corrected chi connectivity index (χ3v) is 1.79. The van der Waals surface area contributed by atoms with Crippen molar-refractivity contribution in [2.75, 3.05) is 6.61 Å². The van der Waals surface area contributed by atoms with Gasteiger partial charge in [-0.15, -0.1) is 0 Å². The molecule has 1 heterocycles. The highest BCUT2D eigenvalue weighted by atomic mass is 16.7. The average Bonchev–Trinajstić information content (AvgIpc) is 2.05. The van der Waals surface area contributed by atoms with Crippen LogP contribution in [-0.4, -0.2) is 30.2 Å². The number of hydrogen-bond donors (Lipinski definition) is 1. The van der Waals surface area contributed by atoms with Crippen LogP contribution in [0.15, 0.2) is 12.2 Å². The van der Waals surface area contributed by atoms with Gasteiger partial charge in [-0.3, -0.25) is 0 Å². The lowest BCUT2D eigenvalue weighted by Gasteiger charge is -2.27. The van der Waals surface area contributed by atoms with E-state index in [0.717, 1.165) is 6.42 Å². The van der Waals surface area contributed by atoms with Crippen molar-refractivity contribution in [1.82, 2.24) is 0 Å². The molecule has 0 aromatic heterocycles. The topological polar surface area (TPSA) is 38.7 Å². The summed E-state index contributed by atoms with van der Waals surface area (Å²) in [7, 11) is 0. The molecule has 0 radical (unpaired) electrons. The predicted molar refractivity (Wildman–Crippen MR) is 45.7 cm³/mol. The van der Waals surface area contributed by atoms with Gasteiger partial charge in [0.25, 0.3) is 0 Å². The number of hydrogen-bond acceptors (Lipinski definition) is 3. The van der Waals surface area contributed by atoms with Gasteiger partial charge in [-0.1, -0.05) is 12.2 Å². The van der Waals surface area contributed by atoms with E-state index in [-0.39, 0.29) is 12.4 Å². The maximum Gasteiger partial charge on any atom is 0.161 e. The second-order valence-electron chi connectivity index (χ2n) is 2.89. The van der Waals surface area contributed by atoms with E-state index < -0.39 is 6.10 Å². The molecule has 3 nitrogen and oxygen atoms in total. The second kappa shape index (κ2) is 4.60. The van der Waals surface area contributed by atoms with Gasteiger partial charge in [0.05, 0.1) is 6.10 Å². The van der Waals surface area contributed by atoms with Gasteiger partial charge in [0.15, 0.2) is 6.29 Å². The molecule has 0 aliphatic carbocycles. The molecule has 0 fully saturated rings. The lowest BCUT2D eigenvalue weighted by molar-refractivity contribution is -0.178. The van der Waals surface area contributed by atoms with Crippen LogP contribution in [0.2, 0.25) is 0 Å². The van der Waals surface area contributed by atoms with Crippen molar-refractivity contribution >= 4 is 0 Å². The van der Waals surface area contributed by atoms with Gasteiger partial charge in [-0.05, 0) is 13.8 Å². The summed E-state index contributed by atoms with van der Waals surface area (Å²) in [4.78, 5) is 0. The van der Waals surface area contributed by atoms with Crippen molar-refractivity contribution in [1.29, 1.82) is 0 Å². The molecule has 0 spiro atoms. The Hall–Kier alpha value is -0.380. The Bertz CT molecular complexity index is 154. The molecule has 12 heavy (non-hydrogen) atoms. The van der Waals surface area contributed by atoms with E-state index >= 15 is 0 Å². The fourth-order valence-corrected chi connectivity index (χ4v) is 1.17. The van der Waals surface area contributed by atoms with Crippen LogP contribution >= 0.6 is 0 Å². The highest BCUT2D eigenvalue weighted by molar-refractivity contribution is 4.96. The van der Waals surface area contributed by atoms with Crippen molar-refractivity contribution in [2.45, 2.75) is 38.8 Å². The molecule has 1 N–H and O–H groups in total. The molecule has 70 valence electrons. The van der Waals surface area contributed by atoms with E-state index in [1.807, 2.05) is 19.1 Å². The van der Waals surface area contributed by atoms with Gasteiger partial charge in [0.1, 0.15) is 6.10 Å². The Balaban J connectivity index is 2.40. The van der Waals surface area contributed by atoms with Crippen LogP contribution < -0.4 is 0 Å². The van der Waals surface area contributed by atoms with E-state index in [1.165, 1.54) is 0 Å². The van der Waals surface area contributed by atoms with Gasteiger partial charge in [0, 0.05) is 13.0 Å². The Labute approximate surface area is 73.0 Å². The van der Waals surface area contributed by atoms with Gasteiger partial charge < -0.3 is 14.6 Å². The number of rotatable bonds is 3. The quantitative estimate of drug-likeness (QED) is 0.647. The maximum absolute atomic E-state index is 9.23. The van der Waals surface area contributed by atoms with Crippen LogP contribution in [0, 0.1) is 0 Å². The van der Waals surface area contributed by atoms with Gasteiger partial charge in [-0.25, -0.2) is 0 Å². The summed E-state index contributed by atoms with van der Waals surface area (Å²) >= 11 is 0. The standard InChI is InChI=1S/C9H16O3/c1-3-11-9-6-4-5-8(12-9)7(2)10/h4-5,7-10H,3,6H2,1-2H3/t7-,8-,9+/m1/s1. The van der Waals surface area contributed by atoms with E-state index in [4.69, 9.17) is 9.47 Å². The minimum absolute atomic E-state index is 0.181. The highest BCUT2D eigenvalue weighted by Crippen LogP contribution is 2.15. The Morgan fingerprint density at radius 3 is 3.08 bits per heavy atom. The summed E-state index contributed by atoms with van der Waals surface area (Å²) < 4.78 is 10.7. The molecular formula is C9H16O3. The molecule has 0 bridgehead atoms. The molecule has 0 amide bonds. The fourth-order valence-electron chi connectivity index (χ4n) is 1.17. The number of ether oxygens (including phenoxy) is 2. The molecule has 1 rings (SSSR count). The van der Waals surface area contributed by atoms with E-state index in [2.05, 4.69) is 0 Å². The predicted octanol–water partition coefficient (Wildman–Crippen LogP) is 1.07. The molecule has 0 saturated heterocycles. The fraction of sp³-hybridized carbons (Fsp3) is 0.778. The van der Waals surface area contributed by atoms with Crippen molar-refractivity contribution in [2.24, 2.45) is 0 Å². The average molecular weight is 172 g/mol. The van der Waals surface area contributed by atoms with Crippen molar-refractivity contribution in [3.05, 3.63) is 12.2 Å². The second-order valence-corrected chi connectivity index (χ2v) is 2.89. The lowest BCUT2D eigenvalue weighted by atomic mass is 10.1. The summed E-state index contributed by atoms with van der Waals surface area (Å²) in [5, 5.41) is 9.23. The SMILES string of the molecule is CCO[C@@H]1CC=C[C@H]([C@@H](C)O)O1. The van der Waals surface area contributed by atoms with Gasteiger partial charge in [0.2, 0.25) is 0 Å². The summed E-state index contributed by atoms with van der Waals surface area (Å²) in [6.07, 6.45) is 3.78. The normalized spacial score (nSPS) is 31.9. The molecule has 0 saturated carbocycles. The molecule has 0 unspecified atom stereocenters. The molecule has 3 heteroatoms.